The first-order valence-electron chi connectivity index (χ1n) is 10.5. The van der Waals surface area contributed by atoms with Crippen LogP contribution in [0.15, 0.2) is 24.4 Å². The Hall–Kier alpha value is -3.59. The zero-order chi connectivity index (χ0) is 25.9. The number of aromatic nitrogens is 1. The summed E-state index contributed by atoms with van der Waals surface area (Å²) in [4.78, 5) is 32.1. The number of halogens is 4. The zero-order valence-electron chi connectivity index (χ0n) is 18.8. The predicted octanol–water partition coefficient (Wildman–Crippen LogP) is 3.35. The lowest BCUT2D eigenvalue weighted by atomic mass is 9.92. The number of nitriles is 1. The van der Waals surface area contributed by atoms with Gasteiger partial charge in [0.05, 0.1) is 23.0 Å². The third kappa shape index (κ3) is 3.70. The minimum Gasteiger partial charge on any atom is -0.355 e. The monoisotopic (exact) mass is 505 g/mol. The highest BCUT2D eigenvalue weighted by molar-refractivity contribution is 7.80. The molecular weight excluding hydrogens is 486 g/mol. The van der Waals surface area contributed by atoms with E-state index in [1.54, 1.807) is 18.7 Å². The number of hydrogen-bond donors (Lipinski definition) is 1. The van der Waals surface area contributed by atoms with Crippen molar-refractivity contribution in [1.29, 1.82) is 5.26 Å². The molecule has 1 aromatic heterocycles. The molecular formula is C23H19F4N5O2S. The number of nitrogens with zero attached hydrogens (tertiary/aromatic N) is 4. The van der Waals surface area contributed by atoms with Crippen molar-refractivity contribution in [3.8, 4) is 6.07 Å². The number of thiocarbonyl (C=S) groups is 1. The fourth-order valence-electron chi connectivity index (χ4n) is 4.82. The molecule has 1 aliphatic carbocycles. The van der Waals surface area contributed by atoms with Crippen LogP contribution in [0.5, 0.6) is 0 Å². The third-order valence-corrected chi connectivity index (χ3v) is 6.62. The summed E-state index contributed by atoms with van der Waals surface area (Å²) in [7, 11) is 1.37. The summed E-state index contributed by atoms with van der Waals surface area (Å²) in [5.74, 6) is -1.95. The van der Waals surface area contributed by atoms with E-state index >= 15 is 0 Å². The van der Waals surface area contributed by atoms with E-state index < -0.39 is 40.6 Å². The maximum absolute atomic E-state index is 14.6. The number of alkyl halides is 3. The topological polar surface area (TPSA) is 89.3 Å². The van der Waals surface area contributed by atoms with Crippen LogP contribution in [-0.4, -0.2) is 45.4 Å². The van der Waals surface area contributed by atoms with Gasteiger partial charge in [0.25, 0.3) is 11.8 Å². The summed E-state index contributed by atoms with van der Waals surface area (Å²) in [5.41, 5.74) is -2.72. The molecule has 35 heavy (non-hydrogen) atoms. The summed E-state index contributed by atoms with van der Waals surface area (Å²) >= 11 is 5.55. The molecule has 1 spiro atoms. The highest BCUT2D eigenvalue weighted by Crippen LogP contribution is 2.45. The van der Waals surface area contributed by atoms with E-state index in [0.29, 0.717) is 17.2 Å². The Morgan fingerprint density at radius 3 is 2.43 bits per heavy atom. The van der Waals surface area contributed by atoms with Crippen molar-refractivity contribution in [1.82, 2.24) is 15.2 Å². The number of benzene rings is 1. The number of carbonyl (C=O) groups excluding carboxylic acids is 2. The molecule has 2 heterocycles. The van der Waals surface area contributed by atoms with Gasteiger partial charge in [-0.1, -0.05) is 0 Å². The molecule has 12 heteroatoms. The molecule has 1 aliphatic heterocycles. The van der Waals surface area contributed by atoms with E-state index in [9.17, 15) is 27.2 Å². The number of pyridine rings is 1. The van der Waals surface area contributed by atoms with Crippen LogP contribution < -0.4 is 10.2 Å². The molecule has 1 atom stereocenters. The van der Waals surface area contributed by atoms with Crippen molar-refractivity contribution >= 4 is 34.8 Å². The fraction of sp³-hybridized carbons (Fsp3) is 0.348. The van der Waals surface area contributed by atoms with Crippen LogP contribution in [-0.2, 0) is 23.8 Å². The van der Waals surface area contributed by atoms with Crippen molar-refractivity contribution < 1.29 is 27.2 Å². The van der Waals surface area contributed by atoms with Gasteiger partial charge < -0.3 is 10.2 Å². The van der Waals surface area contributed by atoms with Crippen molar-refractivity contribution in [2.75, 3.05) is 11.9 Å². The second-order valence-electron chi connectivity index (χ2n) is 8.65. The Balaban J connectivity index is 1.82. The Bertz CT molecular complexity index is 1320. The molecule has 0 bridgehead atoms. The van der Waals surface area contributed by atoms with E-state index in [0.717, 1.165) is 11.1 Å². The molecule has 0 saturated carbocycles. The Morgan fingerprint density at radius 2 is 1.89 bits per heavy atom. The van der Waals surface area contributed by atoms with E-state index in [-0.39, 0.29) is 35.2 Å². The van der Waals surface area contributed by atoms with Crippen molar-refractivity contribution in [3.05, 3.63) is 58.2 Å². The number of fused-ring (bicyclic) bond motifs is 1. The van der Waals surface area contributed by atoms with Crippen LogP contribution in [0.2, 0.25) is 0 Å². The lowest BCUT2D eigenvalue weighted by Crippen LogP contribution is -2.53. The van der Waals surface area contributed by atoms with Crippen LogP contribution in [0.4, 0.5) is 23.2 Å². The van der Waals surface area contributed by atoms with Gasteiger partial charge >= 0.3 is 6.18 Å². The number of anilines is 1. The van der Waals surface area contributed by atoms with Gasteiger partial charge in [-0.05, 0) is 55.4 Å². The highest BCUT2D eigenvalue weighted by atomic mass is 32.1. The third-order valence-electron chi connectivity index (χ3n) is 6.25. The molecule has 1 aromatic carbocycles. The van der Waals surface area contributed by atoms with Crippen LogP contribution in [0.3, 0.4) is 0 Å². The Kier molecular flexibility index (Phi) is 5.79. The Labute approximate surface area is 203 Å². The van der Waals surface area contributed by atoms with Crippen molar-refractivity contribution in [3.63, 3.8) is 0 Å². The number of rotatable bonds is 3. The van der Waals surface area contributed by atoms with Crippen molar-refractivity contribution in [2.45, 2.75) is 44.4 Å². The quantitative estimate of drug-likeness (QED) is 0.509. The van der Waals surface area contributed by atoms with Gasteiger partial charge in [0, 0.05) is 25.9 Å². The number of amides is 2. The summed E-state index contributed by atoms with van der Waals surface area (Å²) in [6.07, 6.45) is -3.74. The van der Waals surface area contributed by atoms with Gasteiger partial charge in [-0.2, -0.15) is 18.4 Å². The minimum atomic E-state index is -4.87. The average molecular weight is 505 g/mol. The molecule has 4 rings (SSSR count). The standard InChI is InChI=1S/C23H19F4N5O2S/c1-11(2)32-21(35)31(14-6-16(23(25,26)27)18(9-28)30-10-14)20(34)22(32)7-12-4-15(19(33)29-3)17(24)5-13(12)8-22/h4-6,10-11H,7-8H2,1-3H3,(H,29,33)/t22-/m0/s1. The van der Waals surface area contributed by atoms with Crippen LogP contribution in [0, 0.1) is 17.1 Å². The molecule has 0 unspecified atom stereocenters. The SMILES string of the molecule is CNC(=O)c1cc2c(cc1F)C[C@@]1(C2)C(=O)N(c2cnc(C#N)c(C(F)(F)F)c2)C(=S)N1C(C)C. The highest BCUT2D eigenvalue weighted by Gasteiger charge is 2.59. The molecule has 2 amide bonds. The van der Waals surface area contributed by atoms with Gasteiger partial charge in [-0.15, -0.1) is 0 Å². The molecule has 182 valence electrons. The van der Waals surface area contributed by atoms with E-state index in [4.69, 9.17) is 17.5 Å². The first kappa shape index (κ1) is 24.5. The second-order valence-corrected chi connectivity index (χ2v) is 9.02. The number of hydrogen-bond acceptors (Lipinski definition) is 5. The molecule has 1 fully saturated rings. The smallest absolute Gasteiger partial charge is 0.355 e. The lowest BCUT2D eigenvalue weighted by molar-refractivity contribution is -0.138. The first-order chi connectivity index (χ1) is 16.4. The van der Waals surface area contributed by atoms with E-state index in [1.807, 2.05) is 0 Å². The van der Waals surface area contributed by atoms with E-state index in [2.05, 4.69) is 10.3 Å². The summed E-state index contributed by atoms with van der Waals surface area (Å²) in [6.45, 7) is 3.56. The average Bonchev–Trinajstić information content (AvgIpc) is 3.25. The maximum Gasteiger partial charge on any atom is 0.419 e. The Morgan fingerprint density at radius 1 is 1.26 bits per heavy atom. The second kappa shape index (κ2) is 8.27. The minimum absolute atomic E-state index is 0.0237. The molecule has 7 nitrogen and oxygen atoms in total. The molecule has 1 N–H and O–H groups in total. The van der Waals surface area contributed by atoms with E-state index in [1.165, 1.54) is 25.2 Å². The van der Waals surface area contributed by atoms with Crippen LogP contribution in [0.25, 0.3) is 0 Å². The van der Waals surface area contributed by atoms with Crippen LogP contribution >= 0.6 is 12.2 Å². The number of nitrogens with one attached hydrogen (secondary N) is 1. The summed E-state index contributed by atoms with van der Waals surface area (Å²) in [6, 6.07) is 4.35. The molecule has 2 aliphatic rings. The summed E-state index contributed by atoms with van der Waals surface area (Å²) < 4.78 is 55.2. The largest absolute Gasteiger partial charge is 0.419 e. The maximum atomic E-state index is 14.6. The molecule has 0 radical (unpaired) electrons. The number of carbonyl (C=O) groups is 2. The van der Waals surface area contributed by atoms with Gasteiger partial charge in [0.2, 0.25) is 0 Å². The van der Waals surface area contributed by atoms with Gasteiger partial charge in [-0.25, -0.2) is 9.37 Å². The van der Waals surface area contributed by atoms with Gasteiger partial charge in [0.15, 0.2) is 10.8 Å². The molecule has 1 saturated heterocycles. The first-order valence-corrected chi connectivity index (χ1v) is 10.9. The van der Waals surface area contributed by atoms with Crippen molar-refractivity contribution in [2.24, 2.45) is 0 Å². The predicted molar refractivity (Wildman–Crippen MR) is 121 cm³/mol. The van der Waals surface area contributed by atoms with Gasteiger partial charge in [-0.3, -0.25) is 14.5 Å². The van der Waals surface area contributed by atoms with Gasteiger partial charge in [0.1, 0.15) is 17.4 Å². The zero-order valence-corrected chi connectivity index (χ0v) is 19.6. The normalized spacial score (nSPS) is 19.5. The fourth-order valence-corrected chi connectivity index (χ4v) is 5.40. The van der Waals surface area contributed by atoms with Crippen LogP contribution in [0.1, 0.15) is 46.6 Å². The summed E-state index contributed by atoms with van der Waals surface area (Å²) in [5, 5.41) is 11.4. The molecule has 2 aromatic rings. The lowest BCUT2D eigenvalue weighted by Gasteiger charge is -2.36.